The molecule has 172 valence electrons. The first-order valence-corrected chi connectivity index (χ1v) is 11.1. The summed E-state index contributed by atoms with van der Waals surface area (Å²) in [6, 6.07) is 4.07. The zero-order valence-electron chi connectivity index (χ0n) is 17.0. The van der Waals surface area contributed by atoms with Crippen LogP contribution in [0.1, 0.15) is 30.4 Å². The summed E-state index contributed by atoms with van der Waals surface area (Å²) in [6.45, 7) is 0. The van der Waals surface area contributed by atoms with Crippen molar-refractivity contribution in [2.24, 2.45) is 5.92 Å². The van der Waals surface area contributed by atoms with Crippen LogP contribution in [0.3, 0.4) is 0 Å². The minimum Gasteiger partial charge on any atom is -0.483 e. The smallest absolute Gasteiger partial charge is 0.335 e. The maximum atomic E-state index is 11.4. The highest BCUT2D eigenvalue weighted by atomic mass is 16.7. The Balaban J connectivity index is 1.29. The van der Waals surface area contributed by atoms with E-state index in [0.29, 0.717) is 24.1 Å². The molecule has 2 bridgehead atoms. The summed E-state index contributed by atoms with van der Waals surface area (Å²) < 4.78 is 17.5. The van der Waals surface area contributed by atoms with Crippen molar-refractivity contribution in [2.75, 3.05) is 0 Å². The predicted octanol–water partition coefficient (Wildman–Crippen LogP) is -1.60. The van der Waals surface area contributed by atoms with Gasteiger partial charge in [-0.15, -0.1) is 0 Å². The highest BCUT2D eigenvalue weighted by Crippen LogP contribution is 2.71. The van der Waals surface area contributed by atoms with Gasteiger partial charge in [0.1, 0.15) is 24.4 Å². The maximum absolute atomic E-state index is 11.4. The van der Waals surface area contributed by atoms with Crippen LogP contribution in [0.15, 0.2) is 12.1 Å². The summed E-state index contributed by atoms with van der Waals surface area (Å²) >= 11 is 0. The number of hydrogen-bond acceptors (Lipinski definition) is 9. The van der Waals surface area contributed by atoms with Gasteiger partial charge in [-0.3, -0.25) is 0 Å². The van der Waals surface area contributed by atoms with Crippen molar-refractivity contribution >= 4 is 5.97 Å². The van der Waals surface area contributed by atoms with Gasteiger partial charge < -0.3 is 45.1 Å². The van der Waals surface area contributed by atoms with Crippen LogP contribution in [0.25, 0.3) is 0 Å². The van der Waals surface area contributed by atoms with Gasteiger partial charge in [0, 0.05) is 22.6 Å². The number of carboxylic acids is 1. The fraction of sp³-hybridized carbons (Fsp3) is 0.682. The van der Waals surface area contributed by atoms with Gasteiger partial charge >= 0.3 is 5.97 Å². The Labute approximate surface area is 182 Å². The molecule has 7 rings (SSSR count). The molecule has 1 aromatic carbocycles. The lowest BCUT2D eigenvalue weighted by Gasteiger charge is -2.46. The number of carbonyl (C=O) groups is 1. The lowest BCUT2D eigenvalue weighted by atomic mass is 9.59. The minimum atomic E-state index is -1.79. The van der Waals surface area contributed by atoms with E-state index in [2.05, 4.69) is 5.32 Å². The van der Waals surface area contributed by atoms with Crippen LogP contribution in [-0.2, 0) is 21.4 Å². The third-order valence-electron chi connectivity index (χ3n) is 8.74. The number of ether oxygens (including phenoxy) is 3. The first-order valence-electron chi connectivity index (χ1n) is 11.1. The summed E-state index contributed by atoms with van der Waals surface area (Å²) in [7, 11) is 0. The highest BCUT2D eigenvalue weighted by Gasteiger charge is 2.79. The standard InChI is InChI=1S/C22H25NO9/c24-9-3-2-8-17-21(23-17)5-7-1-4-10(15-11(7)22(8,6-21)18(9)31-15)30-20-14(27)12(25)13(26)16(32-20)19(28)29/h1,4,8-9,12-14,16-18,20,23-27H,2-3,5-6H2,(H,28,29)/t8?,9-,12?,13?,14?,16?,17?,18+,20?,21?,22?/m1/s1. The van der Waals surface area contributed by atoms with Gasteiger partial charge in [0.25, 0.3) is 0 Å². The van der Waals surface area contributed by atoms with Crippen LogP contribution in [0.2, 0.25) is 0 Å². The number of aliphatic hydroxyl groups excluding tert-OH is 4. The van der Waals surface area contributed by atoms with Crippen molar-refractivity contribution in [1.29, 1.82) is 0 Å². The normalized spacial score (nSPS) is 51.4. The Morgan fingerprint density at radius 1 is 1.12 bits per heavy atom. The van der Waals surface area contributed by atoms with E-state index in [1.807, 2.05) is 6.07 Å². The van der Waals surface area contributed by atoms with Gasteiger partial charge in [-0.05, 0) is 43.2 Å². The van der Waals surface area contributed by atoms with E-state index in [4.69, 9.17) is 14.2 Å². The van der Waals surface area contributed by atoms with Gasteiger partial charge in [-0.25, -0.2) is 4.79 Å². The summed E-state index contributed by atoms with van der Waals surface area (Å²) in [5.74, 6) is -0.349. The van der Waals surface area contributed by atoms with Crippen molar-refractivity contribution in [3.05, 3.63) is 23.3 Å². The molecule has 3 heterocycles. The van der Waals surface area contributed by atoms with Crippen LogP contribution in [0, 0.1) is 5.92 Å². The molecule has 0 aromatic heterocycles. The Hall–Kier alpha value is -1.95. The van der Waals surface area contributed by atoms with Gasteiger partial charge in [-0.1, -0.05) is 6.07 Å². The molecule has 2 saturated carbocycles. The van der Waals surface area contributed by atoms with Crippen LogP contribution in [0.4, 0.5) is 0 Å². The van der Waals surface area contributed by atoms with Crippen molar-refractivity contribution in [3.8, 4) is 11.5 Å². The lowest BCUT2D eigenvalue weighted by molar-refractivity contribution is -0.271. The Morgan fingerprint density at radius 2 is 1.94 bits per heavy atom. The summed E-state index contributed by atoms with van der Waals surface area (Å²) in [4.78, 5) is 11.4. The molecule has 4 fully saturated rings. The molecule has 6 aliphatic rings. The molecule has 11 atom stereocenters. The lowest BCUT2D eigenvalue weighted by Crippen LogP contribution is -2.61. The van der Waals surface area contributed by atoms with E-state index in [1.54, 1.807) is 6.07 Å². The fourth-order valence-corrected chi connectivity index (χ4v) is 7.48. The molecule has 2 saturated heterocycles. The largest absolute Gasteiger partial charge is 0.483 e. The molecule has 32 heavy (non-hydrogen) atoms. The highest BCUT2D eigenvalue weighted by molar-refractivity contribution is 5.73. The third kappa shape index (κ3) is 2.13. The molecule has 3 aliphatic carbocycles. The molecule has 0 amide bonds. The number of piperidine rings is 1. The monoisotopic (exact) mass is 447 g/mol. The molecule has 0 radical (unpaired) electrons. The quantitative estimate of drug-likeness (QED) is 0.297. The second-order valence-electron chi connectivity index (χ2n) is 10.2. The minimum absolute atomic E-state index is 0.0744. The van der Waals surface area contributed by atoms with Gasteiger partial charge in [0.2, 0.25) is 6.29 Å². The zero-order chi connectivity index (χ0) is 22.2. The molecule has 10 heteroatoms. The number of carboxylic acid groups (broad SMARTS) is 1. The van der Waals surface area contributed by atoms with E-state index in [-0.39, 0.29) is 22.8 Å². The number of aliphatic carboxylic acids is 1. The summed E-state index contributed by atoms with van der Waals surface area (Å²) in [5.41, 5.74) is 1.98. The van der Waals surface area contributed by atoms with E-state index >= 15 is 0 Å². The Morgan fingerprint density at radius 3 is 2.72 bits per heavy atom. The number of rotatable bonds is 3. The van der Waals surface area contributed by atoms with Crippen molar-refractivity contribution in [1.82, 2.24) is 5.32 Å². The number of hydrogen-bond donors (Lipinski definition) is 6. The molecule has 6 N–H and O–H groups in total. The van der Waals surface area contributed by atoms with Crippen LogP contribution in [-0.4, -0.2) is 86.0 Å². The van der Waals surface area contributed by atoms with Crippen molar-refractivity contribution in [3.63, 3.8) is 0 Å². The third-order valence-corrected chi connectivity index (χ3v) is 8.74. The molecule has 2 spiro atoms. The topological polar surface area (TPSA) is 168 Å². The molecule has 1 aromatic rings. The van der Waals surface area contributed by atoms with Crippen LogP contribution in [0.5, 0.6) is 11.5 Å². The van der Waals surface area contributed by atoms with Crippen LogP contribution < -0.4 is 14.8 Å². The average molecular weight is 447 g/mol. The number of aliphatic hydroxyl groups is 4. The number of fused-ring (bicyclic) bond motifs is 1. The molecule has 3 aliphatic heterocycles. The first-order chi connectivity index (χ1) is 15.3. The Kier molecular flexibility index (Phi) is 3.62. The molecular formula is C22H25NO9. The predicted molar refractivity (Wildman–Crippen MR) is 104 cm³/mol. The van der Waals surface area contributed by atoms with Gasteiger partial charge in [-0.2, -0.15) is 0 Å². The van der Waals surface area contributed by atoms with E-state index in [1.165, 1.54) is 0 Å². The van der Waals surface area contributed by atoms with Crippen LogP contribution >= 0.6 is 0 Å². The number of benzene rings is 1. The second-order valence-corrected chi connectivity index (χ2v) is 10.2. The van der Waals surface area contributed by atoms with Crippen molar-refractivity contribution in [2.45, 2.75) is 85.6 Å². The summed E-state index contributed by atoms with van der Waals surface area (Å²) in [6.07, 6.45) is -6.08. The van der Waals surface area contributed by atoms with E-state index < -0.39 is 42.8 Å². The fourth-order valence-electron chi connectivity index (χ4n) is 7.48. The van der Waals surface area contributed by atoms with E-state index in [9.17, 15) is 30.3 Å². The maximum Gasteiger partial charge on any atom is 0.335 e. The van der Waals surface area contributed by atoms with Crippen molar-refractivity contribution < 1.29 is 44.5 Å². The first kappa shape index (κ1) is 19.5. The molecule has 9 unspecified atom stereocenters. The molecule has 10 nitrogen and oxygen atoms in total. The summed E-state index contributed by atoms with van der Waals surface area (Å²) in [5, 5.41) is 54.2. The van der Waals surface area contributed by atoms with E-state index in [0.717, 1.165) is 30.4 Å². The second kappa shape index (κ2) is 5.94. The zero-order valence-corrected chi connectivity index (χ0v) is 17.0. The molecular weight excluding hydrogens is 422 g/mol. The SMILES string of the molecule is O=C(O)C1OC(Oc2ccc3c4c2O[C@H]2[C@H](O)CCC5C6NC6(C3)CC452)C(O)C(O)C1O. The number of nitrogens with one attached hydrogen (secondary N) is 1. The Bertz CT molecular complexity index is 1030. The van der Waals surface area contributed by atoms with Gasteiger partial charge in [0.15, 0.2) is 17.6 Å². The van der Waals surface area contributed by atoms with Gasteiger partial charge in [0.05, 0.1) is 6.10 Å². The average Bonchev–Trinajstić information content (AvgIpc) is 3.20.